The Morgan fingerprint density at radius 3 is 2.72 bits per heavy atom. The van der Waals surface area contributed by atoms with Crippen LogP contribution in [0.2, 0.25) is 5.02 Å². The summed E-state index contributed by atoms with van der Waals surface area (Å²) < 4.78 is 30.6. The van der Waals surface area contributed by atoms with Gasteiger partial charge in [0.25, 0.3) is 0 Å². The van der Waals surface area contributed by atoms with Crippen LogP contribution in [0.1, 0.15) is 13.8 Å². The van der Waals surface area contributed by atoms with E-state index >= 15 is 0 Å². The zero-order chi connectivity index (χ0) is 13.3. The molecule has 0 aliphatic carbocycles. The van der Waals surface area contributed by atoms with E-state index in [1.807, 2.05) is 0 Å². The Morgan fingerprint density at radius 1 is 1.50 bits per heavy atom. The SMILES string of the molecule is CC(C)S(=O)(=O)N1CC(Oc2ncccc2Cl)C1. The smallest absolute Gasteiger partial charge is 0.232 e. The van der Waals surface area contributed by atoms with Crippen molar-refractivity contribution in [1.82, 2.24) is 9.29 Å². The summed E-state index contributed by atoms with van der Waals surface area (Å²) in [5.74, 6) is 0.353. The number of rotatable bonds is 4. The van der Waals surface area contributed by atoms with E-state index in [4.69, 9.17) is 16.3 Å². The summed E-state index contributed by atoms with van der Waals surface area (Å²) in [5.41, 5.74) is 0. The standard InChI is InChI=1S/C11H15ClN2O3S/c1-8(2)18(15,16)14-6-9(7-14)17-11-10(12)4-3-5-13-11/h3-5,8-9H,6-7H2,1-2H3. The summed E-state index contributed by atoms with van der Waals surface area (Å²) in [6.07, 6.45) is 1.41. The zero-order valence-electron chi connectivity index (χ0n) is 10.2. The van der Waals surface area contributed by atoms with Crippen LogP contribution in [0.15, 0.2) is 18.3 Å². The molecule has 2 rings (SSSR count). The van der Waals surface area contributed by atoms with Gasteiger partial charge >= 0.3 is 0 Å². The summed E-state index contributed by atoms with van der Waals surface area (Å²) in [7, 11) is -3.18. The Hall–Kier alpha value is -0.850. The Bertz CT molecular complexity index is 527. The van der Waals surface area contributed by atoms with Gasteiger partial charge in [-0.1, -0.05) is 11.6 Å². The van der Waals surface area contributed by atoms with E-state index in [2.05, 4.69) is 4.98 Å². The lowest BCUT2D eigenvalue weighted by Crippen LogP contribution is -2.57. The number of aromatic nitrogens is 1. The van der Waals surface area contributed by atoms with Crippen LogP contribution in [-0.2, 0) is 10.0 Å². The first kappa shape index (κ1) is 13.6. The molecule has 1 fully saturated rings. The topological polar surface area (TPSA) is 59.5 Å². The van der Waals surface area contributed by atoms with Gasteiger partial charge in [0.1, 0.15) is 11.1 Å². The van der Waals surface area contributed by atoms with Gasteiger partial charge in [0, 0.05) is 6.20 Å². The lowest BCUT2D eigenvalue weighted by molar-refractivity contribution is 0.0717. The molecule has 0 amide bonds. The van der Waals surface area contributed by atoms with Gasteiger partial charge in [-0.3, -0.25) is 0 Å². The van der Waals surface area contributed by atoms with E-state index in [0.717, 1.165) is 0 Å². The van der Waals surface area contributed by atoms with Gasteiger partial charge in [0.05, 0.1) is 18.3 Å². The predicted octanol–water partition coefficient (Wildman–Crippen LogP) is 1.54. The lowest BCUT2D eigenvalue weighted by Gasteiger charge is -2.38. The molecule has 1 aromatic rings. The molecular weight excluding hydrogens is 276 g/mol. The minimum atomic E-state index is -3.18. The van der Waals surface area contributed by atoms with Crippen molar-refractivity contribution in [2.45, 2.75) is 25.2 Å². The number of sulfonamides is 1. The van der Waals surface area contributed by atoms with Gasteiger partial charge < -0.3 is 4.74 Å². The van der Waals surface area contributed by atoms with Crippen LogP contribution in [0.5, 0.6) is 5.88 Å². The molecule has 0 N–H and O–H groups in total. The fourth-order valence-electron chi connectivity index (χ4n) is 1.60. The highest BCUT2D eigenvalue weighted by Crippen LogP contribution is 2.25. The third kappa shape index (κ3) is 2.60. The van der Waals surface area contributed by atoms with E-state index < -0.39 is 15.3 Å². The van der Waals surface area contributed by atoms with Gasteiger partial charge in [-0.05, 0) is 26.0 Å². The molecule has 1 aliphatic heterocycles. The number of hydrogen-bond acceptors (Lipinski definition) is 4. The second-order valence-electron chi connectivity index (χ2n) is 4.44. The van der Waals surface area contributed by atoms with Gasteiger partial charge in [0.2, 0.25) is 15.9 Å². The zero-order valence-corrected chi connectivity index (χ0v) is 11.8. The van der Waals surface area contributed by atoms with Crippen LogP contribution in [0.4, 0.5) is 0 Å². The van der Waals surface area contributed by atoms with Crippen LogP contribution in [0.25, 0.3) is 0 Å². The van der Waals surface area contributed by atoms with E-state index in [9.17, 15) is 8.42 Å². The van der Waals surface area contributed by atoms with Crippen molar-refractivity contribution < 1.29 is 13.2 Å². The van der Waals surface area contributed by atoms with Gasteiger partial charge in [0.15, 0.2) is 0 Å². The average molecular weight is 291 g/mol. The second-order valence-corrected chi connectivity index (χ2v) is 7.34. The molecule has 0 unspecified atom stereocenters. The number of hydrogen-bond donors (Lipinski definition) is 0. The molecule has 0 spiro atoms. The van der Waals surface area contributed by atoms with E-state index in [0.29, 0.717) is 24.0 Å². The second kappa shape index (κ2) is 5.03. The Labute approximate surface area is 112 Å². The van der Waals surface area contributed by atoms with Gasteiger partial charge in [-0.2, -0.15) is 4.31 Å². The summed E-state index contributed by atoms with van der Waals surface area (Å²) in [6, 6.07) is 3.40. The third-order valence-corrected chi connectivity index (χ3v) is 5.27. The first-order valence-corrected chi connectivity index (χ1v) is 7.55. The van der Waals surface area contributed by atoms with Crippen molar-refractivity contribution >= 4 is 21.6 Å². The predicted molar refractivity (Wildman–Crippen MR) is 69.3 cm³/mol. The fourth-order valence-corrected chi connectivity index (χ4v) is 3.11. The molecule has 1 aromatic heterocycles. The van der Waals surface area contributed by atoms with Crippen LogP contribution in [-0.4, -0.2) is 42.2 Å². The van der Waals surface area contributed by atoms with Crippen molar-refractivity contribution in [3.8, 4) is 5.88 Å². The quantitative estimate of drug-likeness (QED) is 0.844. The molecule has 0 bridgehead atoms. The normalized spacial score (nSPS) is 17.8. The maximum atomic E-state index is 11.8. The van der Waals surface area contributed by atoms with Crippen molar-refractivity contribution in [3.63, 3.8) is 0 Å². The molecule has 2 heterocycles. The average Bonchev–Trinajstić information content (AvgIpc) is 2.24. The largest absolute Gasteiger partial charge is 0.470 e. The third-order valence-electron chi connectivity index (χ3n) is 2.77. The number of ether oxygens (including phenoxy) is 1. The van der Waals surface area contributed by atoms with Crippen molar-refractivity contribution in [2.24, 2.45) is 0 Å². The monoisotopic (exact) mass is 290 g/mol. The van der Waals surface area contributed by atoms with Crippen LogP contribution in [0.3, 0.4) is 0 Å². The van der Waals surface area contributed by atoms with Crippen molar-refractivity contribution in [1.29, 1.82) is 0 Å². The van der Waals surface area contributed by atoms with Crippen LogP contribution < -0.4 is 4.74 Å². The highest BCUT2D eigenvalue weighted by atomic mass is 35.5. The number of nitrogens with zero attached hydrogens (tertiary/aromatic N) is 2. The Balaban J connectivity index is 1.93. The summed E-state index contributed by atoms with van der Waals surface area (Å²) in [6.45, 7) is 4.04. The Kier molecular flexibility index (Phi) is 3.79. The molecule has 7 heteroatoms. The molecular formula is C11H15ClN2O3S. The maximum Gasteiger partial charge on any atom is 0.232 e. The number of halogens is 1. The summed E-state index contributed by atoms with van der Waals surface area (Å²) in [4.78, 5) is 4.00. The van der Waals surface area contributed by atoms with E-state index in [1.165, 1.54) is 4.31 Å². The summed E-state index contributed by atoms with van der Waals surface area (Å²) >= 11 is 5.91. The lowest BCUT2D eigenvalue weighted by atomic mass is 10.2. The van der Waals surface area contributed by atoms with Crippen LogP contribution in [0, 0.1) is 0 Å². The molecule has 5 nitrogen and oxygen atoms in total. The van der Waals surface area contributed by atoms with E-state index in [-0.39, 0.29) is 6.10 Å². The molecule has 0 radical (unpaired) electrons. The molecule has 0 saturated carbocycles. The fraction of sp³-hybridized carbons (Fsp3) is 0.545. The molecule has 18 heavy (non-hydrogen) atoms. The van der Waals surface area contributed by atoms with E-state index in [1.54, 1.807) is 32.2 Å². The minimum Gasteiger partial charge on any atom is -0.470 e. The van der Waals surface area contributed by atoms with Crippen molar-refractivity contribution in [2.75, 3.05) is 13.1 Å². The molecule has 100 valence electrons. The Morgan fingerprint density at radius 2 is 2.17 bits per heavy atom. The molecule has 1 saturated heterocycles. The highest BCUT2D eigenvalue weighted by molar-refractivity contribution is 7.89. The summed E-state index contributed by atoms with van der Waals surface area (Å²) in [5, 5.41) is 0.0274. The molecule has 0 aromatic carbocycles. The highest BCUT2D eigenvalue weighted by Gasteiger charge is 2.38. The van der Waals surface area contributed by atoms with Gasteiger partial charge in [-0.25, -0.2) is 13.4 Å². The van der Waals surface area contributed by atoms with Gasteiger partial charge in [-0.15, -0.1) is 0 Å². The molecule has 1 aliphatic rings. The molecule has 0 atom stereocenters. The maximum absolute atomic E-state index is 11.8. The van der Waals surface area contributed by atoms with Crippen LogP contribution >= 0.6 is 11.6 Å². The number of pyridine rings is 1. The first-order valence-electron chi connectivity index (χ1n) is 5.67. The van der Waals surface area contributed by atoms with Crippen molar-refractivity contribution in [3.05, 3.63) is 23.4 Å². The minimum absolute atomic E-state index is 0.175. The first-order chi connectivity index (χ1) is 8.41.